The van der Waals surface area contributed by atoms with Crippen molar-refractivity contribution >= 4 is 16.3 Å². The molecule has 2 rings (SSSR count). The average molecular weight is 297 g/mol. The topological polar surface area (TPSA) is 26.3 Å². The molecule has 0 saturated heterocycles. The number of terminal acetylenes is 1. The molecule has 1 unspecified atom stereocenters. The van der Waals surface area contributed by atoms with Gasteiger partial charge in [-0.1, -0.05) is 49.6 Å². The van der Waals surface area contributed by atoms with Gasteiger partial charge in [-0.25, -0.2) is 0 Å². The minimum Gasteiger partial charge on any atom is -0.403 e. The lowest BCUT2D eigenvalue weighted by Crippen LogP contribution is -2.46. The molecule has 0 aromatic heterocycles. The van der Waals surface area contributed by atoms with Gasteiger partial charge in [0.05, 0.1) is 0 Å². The second kappa shape index (κ2) is 7.58. The number of ketones is 1. The number of hydrogen-bond acceptors (Lipinski definition) is 2. The van der Waals surface area contributed by atoms with Crippen molar-refractivity contribution in [3.8, 4) is 12.3 Å². The van der Waals surface area contributed by atoms with Crippen molar-refractivity contribution in [1.29, 1.82) is 0 Å². The molecule has 2 nitrogen and oxygen atoms in total. The standard InChI is InChI=1S/C18H21O2Si/c1-2-3-14-17(19)18(20-21,15-10-6-4-7-11-15)16-12-8-5-9-13-16/h1,4,6-7,10-11,16H,3,5,8-9,12-14H2. The zero-order valence-corrected chi connectivity index (χ0v) is 13.3. The maximum absolute atomic E-state index is 12.9. The first-order valence-electron chi connectivity index (χ1n) is 7.62. The molecule has 0 spiro atoms. The number of hydrogen-bond donors (Lipinski definition) is 0. The lowest BCUT2D eigenvalue weighted by molar-refractivity contribution is -0.142. The Bertz CT molecular complexity index is 500. The zero-order chi connectivity index (χ0) is 15.1. The first-order chi connectivity index (χ1) is 10.3. The van der Waals surface area contributed by atoms with Crippen LogP contribution in [0.2, 0.25) is 0 Å². The third-order valence-corrected chi connectivity index (χ3v) is 4.78. The molecule has 3 radical (unpaired) electrons. The minimum absolute atomic E-state index is 0.0774. The first-order valence-corrected chi connectivity index (χ1v) is 8.03. The van der Waals surface area contributed by atoms with E-state index in [-0.39, 0.29) is 11.7 Å². The van der Waals surface area contributed by atoms with Gasteiger partial charge in [-0.15, -0.1) is 12.3 Å². The Morgan fingerprint density at radius 2 is 1.95 bits per heavy atom. The molecule has 1 aromatic rings. The third kappa shape index (κ3) is 3.28. The average Bonchev–Trinajstić information content (AvgIpc) is 2.56. The van der Waals surface area contributed by atoms with Crippen LogP contribution in [0.3, 0.4) is 0 Å². The zero-order valence-electron chi connectivity index (χ0n) is 12.3. The van der Waals surface area contributed by atoms with Crippen LogP contribution in [0.25, 0.3) is 0 Å². The fourth-order valence-corrected chi connectivity index (χ4v) is 3.79. The second-order valence-corrected chi connectivity index (χ2v) is 5.87. The van der Waals surface area contributed by atoms with Crippen molar-refractivity contribution in [1.82, 2.24) is 0 Å². The van der Waals surface area contributed by atoms with Gasteiger partial charge in [-0.05, 0) is 24.3 Å². The number of Topliss-reactive ketones (excluding diaryl/α,β-unsaturated/α-hetero) is 1. The molecule has 0 bridgehead atoms. The number of carbonyl (C=O) groups excluding carboxylic acids is 1. The summed E-state index contributed by atoms with van der Waals surface area (Å²) in [6.07, 6.45) is 11.7. The predicted octanol–water partition coefficient (Wildman–Crippen LogP) is 3.54. The van der Waals surface area contributed by atoms with Crippen molar-refractivity contribution in [2.45, 2.75) is 50.5 Å². The lowest BCUT2D eigenvalue weighted by atomic mass is 9.70. The van der Waals surface area contributed by atoms with Gasteiger partial charge in [-0.2, -0.15) is 0 Å². The Morgan fingerprint density at radius 1 is 1.29 bits per heavy atom. The van der Waals surface area contributed by atoms with Gasteiger partial charge in [0.2, 0.25) is 10.5 Å². The molecule has 1 aromatic carbocycles. The fraction of sp³-hybridized carbons (Fsp3) is 0.500. The Hall–Kier alpha value is -1.37. The summed E-state index contributed by atoms with van der Waals surface area (Å²) in [4.78, 5) is 12.9. The molecule has 1 aliphatic rings. The Kier molecular flexibility index (Phi) is 5.78. The Balaban J connectivity index is 2.40. The summed E-state index contributed by atoms with van der Waals surface area (Å²) in [6.45, 7) is 0. The van der Waals surface area contributed by atoms with Crippen LogP contribution < -0.4 is 0 Å². The molecule has 109 valence electrons. The van der Waals surface area contributed by atoms with Gasteiger partial charge in [0.25, 0.3) is 0 Å². The van der Waals surface area contributed by atoms with Gasteiger partial charge in [-0.3, -0.25) is 4.79 Å². The van der Waals surface area contributed by atoms with E-state index in [1.807, 2.05) is 30.3 Å². The van der Waals surface area contributed by atoms with E-state index in [2.05, 4.69) is 16.4 Å². The molecule has 1 saturated carbocycles. The lowest BCUT2D eigenvalue weighted by Gasteiger charge is -2.41. The van der Waals surface area contributed by atoms with E-state index in [4.69, 9.17) is 10.8 Å². The summed E-state index contributed by atoms with van der Waals surface area (Å²) < 4.78 is 5.71. The second-order valence-electron chi connectivity index (χ2n) is 5.67. The van der Waals surface area contributed by atoms with E-state index >= 15 is 0 Å². The van der Waals surface area contributed by atoms with E-state index in [1.54, 1.807) is 0 Å². The molecule has 3 heteroatoms. The molecular weight excluding hydrogens is 276 g/mol. The van der Waals surface area contributed by atoms with Crippen LogP contribution in [0.1, 0.15) is 50.5 Å². The summed E-state index contributed by atoms with van der Waals surface area (Å²) in [6, 6.07) is 9.80. The smallest absolute Gasteiger partial charge is 0.248 e. The van der Waals surface area contributed by atoms with E-state index in [0.717, 1.165) is 31.2 Å². The molecular formula is C18H21O2Si. The number of carbonyl (C=O) groups is 1. The SMILES string of the molecule is C#CCCC(=O)C(O[Si])(c1ccccc1)C1CCCCC1. The van der Waals surface area contributed by atoms with E-state index in [1.165, 1.54) is 6.42 Å². The monoisotopic (exact) mass is 297 g/mol. The van der Waals surface area contributed by atoms with E-state index in [9.17, 15) is 4.79 Å². The van der Waals surface area contributed by atoms with E-state index in [0.29, 0.717) is 12.8 Å². The van der Waals surface area contributed by atoms with Crippen molar-refractivity contribution < 1.29 is 9.22 Å². The summed E-state index contributed by atoms with van der Waals surface area (Å²) in [5.41, 5.74) is 0.0176. The fourth-order valence-electron chi connectivity index (χ4n) is 3.39. The summed E-state index contributed by atoms with van der Waals surface area (Å²) >= 11 is 0. The van der Waals surface area contributed by atoms with Crippen LogP contribution in [0.4, 0.5) is 0 Å². The highest BCUT2D eigenvalue weighted by molar-refractivity contribution is 6.02. The molecule has 1 aliphatic carbocycles. The molecule has 0 amide bonds. The van der Waals surface area contributed by atoms with Gasteiger partial charge in [0.15, 0.2) is 5.78 Å². The van der Waals surface area contributed by atoms with Crippen LogP contribution in [0, 0.1) is 18.3 Å². The molecule has 0 N–H and O–H groups in total. The predicted molar refractivity (Wildman–Crippen MR) is 84.6 cm³/mol. The van der Waals surface area contributed by atoms with Crippen LogP contribution in [-0.2, 0) is 14.8 Å². The molecule has 0 aliphatic heterocycles. The van der Waals surface area contributed by atoms with Crippen LogP contribution in [0.5, 0.6) is 0 Å². The summed E-state index contributed by atoms with van der Waals surface area (Å²) in [7, 11) is 3.22. The quantitative estimate of drug-likeness (QED) is 0.593. The number of benzene rings is 1. The van der Waals surface area contributed by atoms with Crippen molar-refractivity contribution in [3.05, 3.63) is 35.9 Å². The van der Waals surface area contributed by atoms with E-state index < -0.39 is 5.60 Å². The van der Waals surface area contributed by atoms with Crippen LogP contribution >= 0.6 is 0 Å². The van der Waals surface area contributed by atoms with Crippen molar-refractivity contribution in [3.63, 3.8) is 0 Å². The largest absolute Gasteiger partial charge is 0.403 e. The van der Waals surface area contributed by atoms with Gasteiger partial charge < -0.3 is 4.43 Å². The Labute approximate surface area is 130 Å². The summed E-state index contributed by atoms with van der Waals surface area (Å²) in [5, 5.41) is 0. The molecule has 0 heterocycles. The minimum atomic E-state index is -0.907. The maximum atomic E-state index is 12.9. The normalized spacial score (nSPS) is 18.7. The maximum Gasteiger partial charge on any atom is 0.248 e. The van der Waals surface area contributed by atoms with Crippen LogP contribution in [0.15, 0.2) is 30.3 Å². The highest BCUT2D eigenvalue weighted by Crippen LogP contribution is 2.43. The number of rotatable bonds is 6. The van der Waals surface area contributed by atoms with Gasteiger partial charge in [0.1, 0.15) is 5.60 Å². The Morgan fingerprint density at radius 3 is 2.52 bits per heavy atom. The molecule has 1 atom stereocenters. The molecule has 21 heavy (non-hydrogen) atoms. The highest BCUT2D eigenvalue weighted by Gasteiger charge is 2.46. The molecule has 1 fully saturated rings. The summed E-state index contributed by atoms with van der Waals surface area (Å²) in [5.74, 6) is 2.84. The highest BCUT2D eigenvalue weighted by atomic mass is 28.2. The van der Waals surface area contributed by atoms with Gasteiger partial charge >= 0.3 is 0 Å². The first kappa shape index (κ1) is 16.0. The van der Waals surface area contributed by atoms with Crippen LogP contribution in [-0.4, -0.2) is 16.3 Å². The van der Waals surface area contributed by atoms with Crippen molar-refractivity contribution in [2.24, 2.45) is 5.92 Å². The van der Waals surface area contributed by atoms with Crippen molar-refractivity contribution in [2.75, 3.05) is 0 Å². The third-order valence-electron chi connectivity index (χ3n) is 4.45. The van der Waals surface area contributed by atoms with Gasteiger partial charge in [0, 0.05) is 12.8 Å².